The van der Waals surface area contributed by atoms with Gasteiger partial charge in [0, 0.05) is 0 Å². The summed E-state index contributed by atoms with van der Waals surface area (Å²) in [5, 5.41) is 2.34. The fraction of sp³-hybridized carbons (Fsp3) is 0.194. The van der Waals surface area contributed by atoms with Gasteiger partial charge < -0.3 is 14.2 Å². The molecule has 1 aliphatic rings. The molecule has 228 valence electrons. The predicted octanol–water partition coefficient (Wildman–Crippen LogP) is 6.53. The second kappa shape index (κ2) is 13.4. The summed E-state index contributed by atoms with van der Waals surface area (Å²) in [6.07, 6.45) is 1.84. The standard InChI is InChI=1S/C36H31IN2O5S/c1-4-42-29-19-24(18-28(37)33(29)44-21-23-15-16-25-11-9-10-14-27(25)17-23)20-30-34(40)39-32(26-12-7-6-8-13-26)31(35(41)43-5-2)22(3)38-36(39)45-30/h6-20,32H,4-5,21H2,1-3H3/b30-20+/t32-/m0/s1. The Morgan fingerprint density at radius 3 is 2.47 bits per heavy atom. The SMILES string of the molecule is CCOC(=O)C1=C(C)N=c2s/c(=C/c3cc(I)c(OCc4ccc5ccccc5c4)c(OCC)c3)c(=O)n2[C@H]1c1ccccc1. The summed E-state index contributed by atoms with van der Waals surface area (Å²) >= 11 is 3.54. The molecule has 45 heavy (non-hydrogen) atoms. The van der Waals surface area contributed by atoms with Crippen molar-refractivity contribution in [2.24, 2.45) is 4.99 Å². The van der Waals surface area contributed by atoms with Crippen LogP contribution in [0.25, 0.3) is 16.8 Å². The maximum absolute atomic E-state index is 14.0. The summed E-state index contributed by atoms with van der Waals surface area (Å²) in [6.45, 7) is 6.55. The van der Waals surface area contributed by atoms with Gasteiger partial charge in [-0.15, -0.1) is 0 Å². The molecule has 1 aliphatic heterocycles. The molecule has 0 amide bonds. The first-order valence-corrected chi connectivity index (χ1v) is 16.6. The molecule has 1 aromatic heterocycles. The fourth-order valence-electron chi connectivity index (χ4n) is 5.45. The molecule has 0 saturated carbocycles. The average molecular weight is 731 g/mol. The van der Waals surface area contributed by atoms with Crippen LogP contribution in [-0.4, -0.2) is 23.8 Å². The number of thiazole rings is 1. The van der Waals surface area contributed by atoms with Crippen LogP contribution in [0.2, 0.25) is 0 Å². The van der Waals surface area contributed by atoms with Crippen LogP contribution in [0.5, 0.6) is 11.5 Å². The Morgan fingerprint density at radius 2 is 1.71 bits per heavy atom. The van der Waals surface area contributed by atoms with Gasteiger partial charge in [0.2, 0.25) is 0 Å². The van der Waals surface area contributed by atoms with E-state index in [2.05, 4.69) is 57.9 Å². The van der Waals surface area contributed by atoms with Crippen molar-refractivity contribution >= 4 is 56.7 Å². The summed E-state index contributed by atoms with van der Waals surface area (Å²) in [7, 11) is 0. The molecule has 0 bridgehead atoms. The van der Waals surface area contributed by atoms with Crippen molar-refractivity contribution in [2.75, 3.05) is 13.2 Å². The molecule has 0 radical (unpaired) electrons. The number of carbonyl (C=O) groups is 1. The number of nitrogens with zero attached hydrogens (tertiary/aromatic N) is 2. The number of ether oxygens (including phenoxy) is 3. The van der Waals surface area contributed by atoms with E-state index in [1.165, 1.54) is 16.7 Å². The summed E-state index contributed by atoms with van der Waals surface area (Å²) < 4.78 is 20.7. The molecular weight excluding hydrogens is 699 g/mol. The van der Waals surface area contributed by atoms with Crippen LogP contribution in [0.1, 0.15) is 43.5 Å². The third-order valence-corrected chi connectivity index (χ3v) is 9.24. The maximum Gasteiger partial charge on any atom is 0.338 e. The largest absolute Gasteiger partial charge is 0.490 e. The zero-order valence-electron chi connectivity index (χ0n) is 25.1. The molecule has 0 fully saturated rings. The normalized spacial score (nSPS) is 14.7. The van der Waals surface area contributed by atoms with Gasteiger partial charge in [-0.3, -0.25) is 9.36 Å². The highest BCUT2D eigenvalue weighted by molar-refractivity contribution is 14.1. The lowest BCUT2D eigenvalue weighted by Crippen LogP contribution is -2.39. The lowest BCUT2D eigenvalue weighted by molar-refractivity contribution is -0.139. The molecule has 0 saturated heterocycles. The number of rotatable bonds is 9. The number of aromatic nitrogens is 1. The van der Waals surface area contributed by atoms with Crippen molar-refractivity contribution in [3.05, 3.63) is 136 Å². The van der Waals surface area contributed by atoms with E-state index in [0.717, 1.165) is 25.6 Å². The van der Waals surface area contributed by atoms with E-state index in [1.807, 2.05) is 67.6 Å². The van der Waals surface area contributed by atoms with Gasteiger partial charge in [-0.2, -0.15) is 0 Å². The number of allylic oxidation sites excluding steroid dienone is 1. The zero-order chi connectivity index (χ0) is 31.5. The van der Waals surface area contributed by atoms with Crippen LogP contribution in [0.15, 0.2) is 106 Å². The maximum atomic E-state index is 14.0. The Kier molecular flexibility index (Phi) is 9.18. The Labute approximate surface area is 278 Å². The quantitative estimate of drug-likeness (QED) is 0.127. The highest BCUT2D eigenvalue weighted by atomic mass is 127. The van der Waals surface area contributed by atoms with Gasteiger partial charge in [0.1, 0.15) is 6.61 Å². The molecule has 0 N–H and O–H groups in total. The summed E-state index contributed by atoms with van der Waals surface area (Å²) in [5.41, 5.74) is 3.33. The number of fused-ring (bicyclic) bond motifs is 2. The Morgan fingerprint density at radius 1 is 0.956 bits per heavy atom. The van der Waals surface area contributed by atoms with E-state index in [9.17, 15) is 9.59 Å². The number of halogens is 1. The first-order chi connectivity index (χ1) is 21.9. The van der Waals surface area contributed by atoms with E-state index in [1.54, 1.807) is 18.4 Å². The van der Waals surface area contributed by atoms with E-state index >= 15 is 0 Å². The van der Waals surface area contributed by atoms with Gasteiger partial charge in [-0.05, 0) is 95.1 Å². The molecule has 0 unspecified atom stereocenters. The second-order valence-electron chi connectivity index (χ2n) is 10.4. The van der Waals surface area contributed by atoms with Crippen molar-refractivity contribution in [3.8, 4) is 11.5 Å². The van der Waals surface area contributed by atoms with Crippen LogP contribution in [-0.2, 0) is 16.1 Å². The molecule has 4 aromatic carbocycles. The van der Waals surface area contributed by atoms with Gasteiger partial charge >= 0.3 is 5.97 Å². The monoisotopic (exact) mass is 730 g/mol. The first kappa shape index (κ1) is 30.8. The fourth-order valence-corrected chi connectivity index (χ4v) is 7.28. The third kappa shape index (κ3) is 6.32. The van der Waals surface area contributed by atoms with Crippen molar-refractivity contribution in [1.82, 2.24) is 4.57 Å². The van der Waals surface area contributed by atoms with Gasteiger partial charge in [0.15, 0.2) is 16.3 Å². The average Bonchev–Trinajstić information content (AvgIpc) is 3.34. The lowest BCUT2D eigenvalue weighted by Gasteiger charge is -2.24. The smallest absolute Gasteiger partial charge is 0.338 e. The molecule has 9 heteroatoms. The van der Waals surface area contributed by atoms with E-state index in [-0.39, 0.29) is 12.2 Å². The molecule has 2 heterocycles. The number of esters is 1. The minimum Gasteiger partial charge on any atom is -0.490 e. The Hall–Kier alpha value is -4.22. The van der Waals surface area contributed by atoms with Crippen LogP contribution < -0.4 is 24.4 Å². The van der Waals surface area contributed by atoms with Gasteiger partial charge in [0.05, 0.1) is 38.6 Å². The van der Waals surface area contributed by atoms with E-state index < -0.39 is 12.0 Å². The van der Waals surface area contributed by atoms with Crippen LogP contribution in [0.4, 0.5) is 0 Å². The van der Waals surface area contributed by atoms with Crippen LogP contribution in [0.3, 0.4) is 0 Å². The van der Waals surface area contributed by atoms with Crippen LogP contribution in [0, 0.1) is 3.57 Å². The van der Waals surface area contributed by atoms with Crippen LogP contribution >= 0.6 is 33.9 Å². The Balaban J connectivity index is 1.38. The van der Waals surface area contributed by atoms with Gasteiger partial charge in [-0.1, -0.05) is 78.1 Å². The molecule has 1 atom stereocenters. The first-order valence-electron chi connectivity index (χ1n) is 14.7. The summed E-state index contributed by atoms with van der Waals surface area (Å²) in [6, 6.07) is 27.3. The third-order valence-electron chi connectivity index (χ3n) is 7.46. The summed E-state index contributed by atoms with van der Waals surface area (Å²) in [4.78, 5) is 32.3. The predicted molar refractivity (Wildman–Crippen MR) is 185 cm³/mol. The van der Waals surface area contributed by atoms with Crippen molar-refractivity contribution < 1.29 is 19.0 Å². The molecule has 6 rings (SSSR count). The minimum atomic E-state index is -0.645. The molecule has 0 aliphatic carbocycles. The number of hydrogen-bond acceptors (Lipinski definition) is 7. The summed E-state index contributed by atoms with van der Waals surface area (Å²) in [5.74, 6) is 0.784. The van der Waals surface area contributed by atoms with E-state index in [4.69, 9.17) is 14.2 Å². The Bertz CT molecular complexity index is 2120. The lowest BCUT2D eigenvalue weighted by atomic mass is 9.96. The highest BCUT2D eigenvalue weighted by Crippen LogP contribution is 2.35. The highest BCUT2D eigenvalue weighted by Gasteiger charge is 2.33. The van der Waals surface area contributed by atoms with Crippen molar-refractivity contribution in [3.63, 3.8) is 0 Å². The van der Waals surface area contributed by atoms with Crippen molar-refractivity contribution in [2.45, 2.75) is 33.4 Å². The van der Waals surface area contributed by atoms with E-state index in [0.29, 0.717) is 45.3 Å². The minimum absolute atomic E-state index is 0.226. The van der Waals surface area contributed by atoms with Crippen molar-refractivity contribution in [1.29, 1.82) is 0 Å². The molecular formula is C36H31IN2O5S. The number of hydrogen-bond donors (Lipinski definition) is 0. The number of carbonyl (C=O) groups excluding carboxylic acids is 1. The molecule has 7 nitrogen and oxygen atoms in total. The number of benzene rings is 4. The van der Waals surface area contributed by atoms with Gasteiger partial charge in [0.25, 0.3) is 5.56 Å². The van der Waals surface area contributed by atoms with Gasteiger partial charge in [-0.25, -0.2) is 9.79 Å². The molecule has 5 aromatic rings. The zero-order valence-corrected chi connectivity index (χ0v) is 28.1. The molecule has 0 spiro atoms. The second-order valence-corrected chi connectivity index (χ2v) is 12.6. The topological polar surface area (TPSA) is 79.1 Å².